The van der Waals surface area contributed by atoms with Crippen molar-refractivity contribution in [1.82, 2.24) is 15.5 Å². The van der Waals surface area contributed by atoms with Crippen LogP contribution in [0.25, 0.3) is 0 Å². The van der Waals surface area contributed by atoms with E-state index in [0.717, 1.165) is 44.9 Å². The van der Waals surface area contributed by atoms with Crippen LogP contribution in [0.15, 0.2) is 0 Å². The van der Waals surface area contributed by atoms with E-state index in [4.69, 9.17) is 5.11 Å². The normalized spacial score (nSPS) is 33.6. The van der Waals surface area contributed by atoms with Gasteiger partial charge in [0.2, 0.25) is 17.7 Å². The highest BCUT2D eigenvalue weighted by molar-refractivity contribution is 8.02. The lowest BCUT2D eigenvalue weighted by molar-refractivity contribution is -0.140. The van der Waals surface area contributed by atoms with E-state index in [-0.39, 0.29) is 29.1 Å². The number of hydrogen-bond donors (Lipinski definition) is 3. The summed E-state index contributed by atoms with van der Waals surface area (Å²) in [5.41, 5.74) is 0. The molecule has 0 radical (unpaired) electrons. The molecule has 0 saturated carbocycles. The molecule has 0 aromatic heterocycles. The first kappa shape index (κ1) is 24.4. The van der Waals surface area contributed by atoms with Crippen LogP contribution in [0.2, 0.25) is 0 Å². The minimum absolute atomic E-state index is 0.0350. The molecule has 7 nitrogen and oxygen atoms in total. The van der Waals surface area contributed by atoms with Crippen molar-refractivity contribution in [3.63, 3.8) is 0 Å². The van der Waals surface area contributed by atoms with E-state index in [0.29, 0.717) is 26.1 Å². The van der Waals surface area contributed by atoms with Gasteiger partial charge in [0.15, 0.2) is 0 Å². The Bertz CT molecular complexity index is 690. The van der Waals surface area contributed by atoms with Crippen LogP contribution in [0, 0.1) is 11.8 Å². The summed E-state index contributed by atoms with van der Waals surface area (Å²) in [4.78, 5) is 42.0. The largest absolute Gasteiger partial charge is 0.396 e. The van der Waals surface area contributed by atoms with Crippen molar-refractivity contribution in [3.05, 3.63) is 0 Å². The Hall–Kier alpha value is -1.28. The van der Waals surface area contributed by atoms with Gasteiger partial charge in [-0.25, -0.2) is 0 Å². The minimum Gasteiger partial charge on any atom is -0.396 e. The molecule has 0 aromatic carbocycles. The van der Waals surface area contributed by atoms with Crippen LogP contribution >= 0.6 is 11.8 Å². The minimum atomic E-state index is -0.521. The number of aliphatic hydroxyl groups is 1. The highest BCUT2D eigenvalue weighted by atomic mass is 32.2. The molecule has 3 fully saturated rings. The summed E-state index contributed by atoms with van der Waals surface area (Å²) in [6.45, 7) is 8.06. The third kappa shape index (κ3) is 4.34. The second-order valence-electron chi connectivity index (χ2n) is 9.48. The van der Waals surface area contributed by atoms with Gasteiger partial charge in [-0.3, -0.25) is 14.4 Å². The van der Waals surface area contributed by atoms with E-state index in [1.807, 2.05) is 6.92 Å². The second-order valence-corrected chi connectivity index (χ2v) is 11.4. The Morgan fingerprint density at radius 1 is 1.06 bits per heavy atom. The molecule has 1 spiro atoms. The first-order chi connectivity index (χ1) is 14.9. The molecule has 2 unspecified atom stereocenters. The van der Waals surface area contributed by atoms with Gasteiger partial charge in [-0.05, 0) is 51.9 Å². The summed E-state index contributed by atoms with van der Waals surface area (Å²) in [5, 5.41) is 15.2. The van der Waals surface area contributed by atoms with E-state index in [1.165, 1.54) is 0 Å². The number of unbranched alkanes of at least 4 members (excludes halogenated alkanes) is 3. The number of likely N-dealkylation sites (tertiary alicyclic amines) is 1. The molecule has 3 N–H and O–H groups in total. The number of carbonyl (C=O) groups excluding carboxylic acids is 3. The molecule has 3 saturated heterocycles. The highest BCUT2D eigenvalue weighted by Gasteiger charge is 2.76. The van der Waals surface area contributed by atoms with Crippen molar-refractivity contribution >= 4 is 29.5 Å². The van der Waals surface area contributed by atoms with E-state index >= 15 is 0 Å². The maximum absolute atomic E-state index is 13.7. The topological polar surface area (TPSA) is 98.7 Å². The van der Waals surface area contributed by atoms with Crippen LogP contribution < -0.4 is 10.6 Å². The van der Waals surface area contributed by atoms with Crippen molar-refractivity contribution in [2.24, 2.45) is 11.8 Å². The predicted molar refractivity (Wildman–Crippen MR) is 123 cm³/mol. The first-order valence-electron chi connectivity index (χ1n) is 12.0. The third-order valence-electron chi connectivity index (χ3n) is 7.24. The number of nitrogens with one attached hydrogen (secondary N) is 2. The van der Waals surface area contributed by atoms with Gasteiger partial charge in [0.1, 0.15) is 6.04 Å². The Morgan fingerprint density at radius 3 is 2.48 bits per heavy atom. The number of carbonyl (C=O) groups is 3. The van der Waals surface area contributed by atoms with Gasteiger partial charge in [-0.2, -0.15) is 0 Å². The van der Waals surface area contributed by atoms with Gasteiger partial charge in [0.25, 0.3) is 0 Å². The number of fused-ring (bicyclic) bond motifs is 1. The average Bonchev–Trinajstić information content (AvgIpc) is 3.30. The molecule has 3 rings (SSSR count). The monoisotopic (exact) mass is 453 g/mol. The molecule has 3 heterocycles. The van der Waals surface area contributed by atoms with Gasteiger partial charge in [-0.15, -0.1) is 11.8 Å². The fourth-order valence-corrected chi connectivity index (χ4v) is 8.14. The fraction of sp³-hybridized carbons (Fsp3) is 0.870. The number of amides is 3. The number of rotatable bonds is 12. The van der Waals surface area contributed by atoms with E-state index in [1.54, 1.807) is 16.7 Å². The zero-order chi connectivity index (χ0) is 22.6. The Morgan fingerprint density at radius 2 is 1.81 bits per heavy atom. The summed E-state index contributed by atoms with van der Waals surface area (Å²) < 4.78 is -0.823. The maximum atomic E-state index is 13.7. The lowest BCUT2D eigenvalue weighted by atomic mass is 9.66. The van der Waals surface area contributed by atoms with E-state index in [9.17, 15) is 14.4 Å². The van der Waals surface area contributed by atoms with Gasteiger partial charge < -0.3 is 20.6 Å². The van der Waals surface area contributed by atoms with Crippen molar-refractivity contribution < 1.29 is 19.5 Å². The molecule has 3 amide bonds. The fourth-order valence-electron chi connectivity index (χ4n) is 5.78. The average molecular weight is 454 g/mol. The van der Waals surface area contributed by atoms with Crippen LogP contribution in [0.4, 0.5) is 0 Å². The molecular formula is C23H39N3O4S. The van der Waals surface area contributed by atoms with Crippen molar-refractivity contribution in [2.45, 2.75) is 87.7 Å². The van der Waals surface area contributed by atoms with E-state index < -0.39 is 22.6 Å². The molecule has 31 heavy (non-hydrogen) atoms. The summed E-state index contributed by atoms with van der Waals surface area (Å²) in [6.07, 6.45) is 6.66. The SMILES string of the molecule is CCCCNC(=O)C1N(CCCCCO)C(=O)[C@@H]2[C@H](C(=O)NCCC)[C@]3(C)CCC12S3. The van der Waals surface area contributed by atoms with E-state index in [2.05, 4.69) is 24.5 Å². The second kappa shape index (κ2) is 10.1. The number of hydrogen-bond acceptors (Lipinski definition) is 5. The third-order valence-corrected chi connectivity index (χ3v) is 9.23. The molecule has 3 aliphatic rings. The quantitative estimate of drug-likeness (QED) is 0.393. The zero-order valence-corrected chi connectivity index (χ0v) is 20.1. The van der Waals surface area contributed by atoms with Crippen LogP contribution in [-0.4, -0.2) is 69.5 Å². The van der Waals surface area contributed by atoms with Crippen LogP contribution in [0.3, 0.4) is 0 Å². The molecule has 2 bridgehead atoms. The van der Waals surface area contributed by atoms with Gasteiger partial charge in [0.05, 0.1) is 16.6 Å². The molecular weight excluding hydrogens is 414 g/mol. The number of aliphatic hydroxyl groups excluding tert-OH is 1. The summed E-state index contributed by atoms with van der Waals surface area (Å²) in [6, 6.07) is -0.521. The standard InChI is InChI=1S/C23H39N3O4S/c1-4-6-13-25-20(29)18-23-11-10-22(3,31-23)16(19(28)24-12-5-2)17(23)21(30)26(18)14-8-7-9-15-27/h16-18,27H,4-15H2,1-3H3,(H,24,28)(H,25,29)/t16-,17+,18?,22+,23?/m1/s1. The summed E-state index contributed by atoms with van der Waals surface area (Å²) in [7, 11) is 0. The van der Waals surface area contributed by atoms with Crippen molar-refractivity contribution in [1.29, 1.82) is 0 Å². The molecule has 176 valence electrons. The zero-order valence-electron chi connectivity index (χ0n) is 19.2. The van der Waals surface area contributed by atoms with Crippen molar-refractivity contribution in [2.75, 3.05) is 26.2 Å². The first-order valence-corrected chi connectivity index (χ1v) is 12.8. The molecule has 3 aliphatic heterocycles. The molecule has 0 aliphatic carbocycles. The van der Waals surface area contributed by atoms with Crippen LogP contribution in [0.1, 0.15) is 72.1 Å². The lowest BCUT2D eigenvalue weighted by Gasteiger charge is -2.34. The van der Waals surface area contributed by atoms with Gasteiger partial charge in [-0.1, -0.05) is 20.3 Å². The predicted octanol–water partition coefficient (Wildman–Crippen LogP) is 2.07. The number of thioether (sulfide) groups is 1. The lowest BCUT2D eigenvalue weighted by Crippen LogP contribution is -2.54. The summed E-state index contributed by atoms with van der Waals surface area (Å²) >= 11 is 1.72. The Kier molecular flexibility index (Phi) is 7.95. The summed E-state index contributed by atoms with van der Waals surface area (Å²) in [5.74, 6) is -0.972. The molecule has 0 aromatic rings. The van der Waals surface area contributed by atoms with Crippen molar-refractivity contribution in [3.8, 4) is 0 Å². The maximum Gasteiger partial charge on any atom is 0.244 e. The Balaban J connectivity index is 1.89. The van der Waals surface area contributed by atoms with Crippen LogP contribution in [0.5, 0.6) is 0 Å². The van der Waals surface area contributed by atoms with Crippen LogP contribution in [-0.2, 0) is 14.4 Å². The van der Waals surface area contributed by atoms with Gasteiger partial charge in [0, 0.05) is 31.0 Å². The molecule has 5 atom stereocenters. The highest BCUT2D eigenvalue weighted by Crippen LogP contribution is 2.71. The molecule has 8 heteroatoms. The number of nitrogens with zero attached hydrogens (tertiary/aromatic N) is 1. The van der Waals surface area contributed by atoms with Gasteiger partial charge >= 0.3 is 0 Å². The Labute approximate surface area is 190 Å². The smallest absolute Gasteiger partial charge is 0.244 e.